The zero-order valence-corrected chi connectivity index (χ0v) is 15.6. The van der Waals surface area contributed by atoms with E-state index in [1.807, 2.05) is 36.4 Å². The van der Waals surface area contributed by atoms with Crippen molar-refractivity contribution in [3.63, 3.8) is 0 Å². The minimum Gasteiger partial charge on any atom is -0.497 e. The van der Waals surface area contributed by atoms with E-state index in [2.05, 4.69) is 23.1 Å². The number of methoxy groups -OCH3 is 1. The minimum atomic E-state index is 0. The third-order valence-corrected chi connectivity index (χ3v) is 4.98. The van der Waals surface area contributed by atoms with Gasteiger partial charge in [0.05, 0.1) is 31.0 Å². The molecular weight excluding hydrogens is 348 g/mol. The van der Waals surface area contributed by atoms with Gasteiger partial charge < -0.3 is 14.7 Å². The van der Waals surface area contributed by atoms with E-state index < -0.39 is 0 Å². The first-order valence-corrected chi connectivity index (χ1v) is 8.72. The predicted octanol–water partition coefficient (Wildman–Crippen LogP) is 4.29. The van der Waals surface area contributed by atoms with Crippen LogP contribution in [0.5, 0.6) is 5.75 Å². The number of hydrogen-bond donors (Lipinski definition) is 1. The molecule has 1 aliphatic rings. The molecule has 1 N–H and O–H groups in total. The fourth-order valence-corrected chi connectivity index (χ4v) is 3.65. The van der Waals surface area contributed by atoms with Gasteiger partial charge in [-0.2, -0.15) is 0 Å². The SMILES string of the molecule is COc1ccc(-c2cc(N3CCC[C@@H]3CO)c3ccccc3n2)cc1.Cl. The topological polar surface area (TPSA) is 45.6 Å². The first-order valence-electron chi connectivity index (χ1n) is 8.72. The van der Waals surface area contributed by atoms with E-state index in [1.165, 1.54) is 0 Å². The monoisotopic (exact) mass is 370 g/mol. The molecule has 1 atom stereocenters. The minimum absolute atomic E-state index is 0. The molecule has 0 amide bonds. The highest BCUT2D eigenvalue weighted by Crippen LogP contribution is 2.35. The van der Waals surface area contributed by atoms with Crippen LogP contribution in [0.3, 0.4) is 0 Å². The lowest BCUT2D eigenvalue weighted by molar-refractivity contribution is 0.266. The van der Waals surface area contributed by atoms with Gasteiger partial charge in [0, 0.05) is 23.2 Å². The van der Waals surface area contributed by atoms with Gasteiger partial charge in [0.15, 0.2) is 0 Å². The Morgan fingerprint density at radius 2 is 1.92 bits per heavy atom. The number of halogens is 1. The number of anilines is 1. The van der Waals surface area contributed by atoms with E-state index in [-0.39, 0.29) is 25.1 Å². The number of nitrogens with zero attached hydrogens (tertiary/aromatic N) is 2. The second-order valence-corrected chi connectivity index (χ2v) is 6.44. The number of aromatic nitrogens is 1. The van der Waals surface area contributed by atoms with Crippen molar-refractivity contribution in [2.24, 2.45) is 0 Å². The van der Waals surface area contributed by atoms with Crippen LogP contribution in [0, 0.1) is 0 Å². The summed E-state index contributed by atoms with van der Waals surface area (Å²) in [6.07, 6.45) is 2.14. The molecule has 0 spiro atoms. The van der Waals surface area contributed by atoms with Gasteiger partial charge in [-0.25, -0.2) is 4.98 Å². The fraction of sp³-hybridized carbons (Fsp3) is 0.286. The van der Waals surface area contributed by atoms with Crippen molar-refractivity contribution >= 4 is 29.0 Å². The number of ether oxygens (including phenoxy) is 1. The molecule has 2 heterocycles. The summed E-state index contributed by atoms with van der Waals surface area (Å²) in [6.45, 7) is 1.16. The van der Waals surface area contributed by atoms with Gasteiger partial charge in [-0.05, 0) is 49.2 Å². The molecule has 1 aliphatic heterocycles. The number of fused-ring (bicyclic) bond motifs is 1. The second kappa shape index (κ2) is 7.94. The summed E-state index contributed by atoms with van der Waals surface area (Å²) in [5, 5.41) is 10.9. The Morgan fingerprint density at radius 1 is 1.15 bits per heavy atom. The molecule has 4 nitrogen and oxygen atoms in total. The van der Waals surface area contributed by atoms with E-state index in [9.17, 15) is 5.11 Å². The highest BCUT2D eigenvalue weighted by Gasteiger charge is 2.26. The lowest BCUT2D eigenvalue weighted by atomic mass is 10.1. The number of para-hydroxylation sites is 1. The van der Waals surface area contributed by atoms with E-state index in [0.29, 0.717) is 0 Å². The van der Waals surface area contributed by atoms with Crippen molar-refractivity contribution in [1.29, 1.82) is 0 Å². The lowest BCUT2D eigenvalue weighted by Crippen LogP contribution is -2.32. The van der Waals surface area contributed by atoms with Crippen LogP contribution < -0.4 is 9.64 Å². The summed E-state index contributed by atoms with van der Waals surface area (Å²) in [5.74, 6) is 0.838. The normalized spacial score (nSPS) is 16.5. The molecule has 5 heteroatoms. The molecule has 0 bridgehead atoms. The van der Waals surface area contributed by atoms with Gasteiger partial charge in [0.2, 0.25) is 0 Å². The summed E-state index contributed by atoms with van der Waals surface area (Å²) in [4.78, 5) is 7.18. The van der Waals surface area contributed by atoms with Crippen LogP contribution in [-0.4, -0.2) is 36.4 Å². The summed E-state index contributed by atoms with van der Waals surface area (Å²) in [7, 11) is 1.67. The maximum atomic E-state index is 9.74. The average molecular weight is 371 g/mol. The molecule has 0 saturated carbocycles. The third kappa shape index (κ3) is 3.35. The molecule has 0 radical (unpaired) electrons. The highest BCUT2D eigenvalue weighted by atomic mass is 35.5. The van der Waals surface area contributed by atoms with Gasteiger partial charge >= 0.3 is 0 Å². The van der Waals surface area contributed by atoms with E-state index in [0.717, 1.165) is 53.0 Å². The molecule has 136 valence electrons. The Kier molecular flexibility index (Phi) is 5.64. The first-order chi connectivity index (χ1) is 12.3. The fourth-order valence-electron chi connectivity index (χ4n) is 3.65. The van der Waals surface area contributed by atoms with Gasteiger partial charge in [0.25, 0.3) is 0 Å². The van der Waals surface area contributed by atoms with Gasteiger partial charge in [0.1, 0.15) is 5.75 Å². The maximum Gasteiger partial charge on any atom is 0.118 e. The quantitative estimate of drug-likeness (QED) is 0.744. The Bertz CT molecular complexity index is 883. The molecule has 0 unspecified atom stereocenters. The van der Waals surface area contributed by atoms with Gasteiger partial charge in [-0.3, -0.25) is 0 Å². The molecule has 3 aromatic rings. The highest BCUT2D eigenvalue weighted by molar-refractivity contribution is 5.94. The standard InChI is InChI=1S/C21H22N2O2.ClH/c1-25-17-10-8-15(9-11-17)20-13-21(23-12-4-5-16(23)14-24)18-6-2-3-7-19(18)22-20;/h2-3,6-11,13,16,24H,4-5,12,14H2,1H3;1H/t16-;/m1./s1. The van der Waals surface area contributed by atoms with Crippen molar-refractivity contribution in [3.8, 4) is 17.0 Å². The second-order valence-electron chi connectivity index (χ2n) is 6.44. The smallest absolute Gasteiger partial charge is 0.118 e. The number of benzene rings is 2. The van der Waals surface area contributed by atoms with Crippen LogP contribution in [-0.2, 0) is 0 Å². The summed E-state index contributed by atoms with van der Waals surface area (Å²) in [6, 6.07) is 18.6. The van der Waals surface area contributed by atoms with Crippen molar-refractivity contribution in [3.05, 3.63) is 54.6 Å². The van der Waals surface area contributed by atoms with E-state index in [1.54, 1.807) is 7.11 Å². The zero-order valence-electron chi connectivity index (χ0n) is 14.8. The molecule has 1 aromatic heterocycles. The van der Waals surface area contributed by atoms with Crippen molar-refractivity contribution in [2.75, 3.05) is 25.2 Å². The number of aliphatic hydroxyl groups is 1. The number of hydrogen-bond acceptors (Lipinski definition) is 4. The van der Waals surface area contributed by atoms with Crippen molar-refractivity contribution in [2.45, 2.75) is 18.9 Å². The number of pyridine rings is 1. The number of rotatable bonds is 4. The Balaban J connectivity index is 0.00000196. The Hall–Kier alpha value is -2.30. The molecule has 1 fully saturated rings. The Morgan fingerprint density at radius 3 is 2.65 bits per heavy atom. The van der Waals surface area contributed by atoms with Gasteiger partial charge in [-0.1, -0.05) is 18.2 Å². The van der Waals surface area contributed by atoms with Crippen molar-refractivity contribution < 1.29 is 9.84 Å². The average Bonchev–Trinajstić information content (AvgIpc) is 3.16. The largest absolute Gasteiger partial charge is 0.497 e. The van der Waals surface area contributed by atoms with Crippen LogP contribution in [0.4, 0.5) is 5.69 Å². The van der Waals surface area contributed by atoms with Crippen LogP contribution in [0.2, 0.25) is 0 Å². The first kappa shape index (κ1) is 18.5. The van der Waals surface area contributed by atoms with Crippen LogP contribution in [0.25, 0.3) is 22.2 Å². The van der Waals surface area contributed by atoms with E-state index in [4.69, 9.17) is 9.72 Å². The molecule has 2 aromatic carbocycles. The van der Waals surface area contributed by atoms with Crippen LogP contribution in [0.1, 0.15) is 12.8 Å². The summed E-state index contributed by atoms with van der Waals surface area (Å²) in [5.41, 5.74) is 4.15. The number of aliphatic hydroxyl groups excluding tert-OH is 1. The zero-order chi connectivity index (χ0) is 17.2. The van der Waals surface area contributed by atoms with Crippen molar-refractivity contribution in [1.82, 2.24) is 4.98 Å². The van der Waals surface area contributed by atoms with Crippen LogP contribution >= 0.6 is 12.4 Å². The molecule has 26 heavy (non-hydrogen) atoms. The molecule has 1 saturated heterocycles. The van der Waals surface area contributed by atoms with E-state index >= 15 is 0 Å². The summed E-state index contributed by atoms with van der Waals surface area (Å²) >= 11 is 0. The lowest BCUT2D eigenvalue weighted by Gasteiger charge is -2.27. The molecular formula is C21H23ClN2O2. The predicted molar refractivity (Wildman–Crippen MR) is 108 cm³/mol. The van der Waals surface area contributed by atoms with Crippen LogP contribution in [0.15, 0.2) is 54.6 Å². The summed E-state index contributed by atoms with van der Waals surface area (Å²) < 4.78 is 5.25. The maximum absolute atomic E-state index is 9.74. The third-order valence-electron chi connectivity index (χ3n) is 4.98. The van der Waals surface area contributed by atoms with Gasteiger partial charge in [-0.15, -0.1) is 12.4 Å². The molecule has 0 aliphatic carbocycles. The Labute approximate surface area is 159 Å². The molecule has 4 rings (SSSR count).